The van der Waals surface area contributed by atoms with Crippen LogP contribution < -0.4 is 0 Å². The number of carbonyl (C=O) groups is 1. The van der Waals surface area contributed by atoms with Crippen LogP contribution in [0.3, 0.4) is 0 Å². The number of carbonyl (C=O) groups excluding carboxylic acids is 1. The Morgan fingerprint density at radius 3 is 2.60 bits per heavy atom. The molecule has 1 aromatic heterocycles. The molecule has 2 aromatic rings. The molecule has 2 nitrogen and oxygen atoms in total. The molecule has 0 bridgehead atoms. The number of thioether (sulfide) groups is 1. The minimum atomic E-state index is -0.369. The van der Waals surface area contributed by atoms with Crippen molar-refractivity contribution in [1.82, 2.24) is 4.57 Å². The predicted molar refractivity (Wildman–Crippen MR) is 82.0 cm³/mol. The van der Waals surface area contributed by atoms with Gasteiger partial charge in [0.2, 0.25) is 0 Å². The van der Waals surface area contributed by atoms with Crippen LogP contribution in [0.25, 0.3) is 0 Å². The maximum absolute atomic E-state index is 14.0. The number of halogens is 1. The first-order chi connectivity index (χ1) is 9.65. The van der Waals surface area contributed by atoms with Crippen molar-refractivity contribution in [2.75, 3.05) is 11.5 Å². The maximum Gasteiger partial charge on any atom is 0.194 e. The van der Waals surface area contributed by atoms with Crippen LogP contribution in [-0.2, 0) is 0 Å². The summed E-state index contributed by atoms with van der Waals surface area (Å²) in [5.74, 6) is 0.875. The summed E-state index contributed by atoms with van der Waals surface area (Å²) in [6, 6.07) is 12.4. The van der Waals surface area contributed by atoms with Crippen molar-refractivity contribution in [1.29, 1.82) is 0 Å². The maximum atomic E-state index is 14.0. The highest BCUT2D eigenvalue weighted by molar-refractivity contribution is 7.99. The lowest BCUT2D eigenvalue weighted by molar-refractivity contribution is 0.101. The largest absolute Gasteiger partial charge is 0.308 e. The minimum Gasteiger partial charge on any atom is -0.308 e. The third kappa shape index (κ3) is 3.12. The first kappa shape index (κ1) is 14.9. The predicted octanol–water partition coefficient (Wildman–Crippen LogP) is 4.17. The molecule has 0 spiro atoms. The van der Waals surface area contributed by atoms with Crippen LogP contribution in [0.2, 0.25) is 0 Å². The minimum absolute atomic E-state index is 0.0245. The molecule has 20 heavy (non-hydrogen) atoms. The van der Waals surface area contributed by atoms with E-state index in [1.54, 1.807) is 17.8 Å². The van der Waals surface area contributed by atoms with Gasteiger partial charge < -0.3 is 4.57 Å². The monoisotopic (exact) mass is 291 g/mol. The zero-order valence-corrected chi connectivity index (χ0v) is 12.5. The highest BCUT2D eigenvalue weighted by Crippen LogP contribution is 2.23. The van der Waals surface area contributed by atoms with Gasteiger partial charge in [-0.2, -0.15) is 16.2 Å². The highest BCUT2D eigenvalue weighted by Gasteiger charge is 2.19. The fourth-order valence-electron chi connectivity index (χ4n) is 2.19. The lowest BCUT2D eigenvalue weighted by atomic mass is 10.1. The van der Waals surface area contributed by atoms with Crippen LogP contribution in [0.5, 0.6) is 0 Å². The van der Waals surface area contributed by atoms with Crippen LogP contribution in [0.4, 0.5) is 4.39 Å². The van der Waals surface area contributed by atoms with E-state index < -0.39 is 0 Å². The first-order valence-corrected chi connectivity index (χ1v) is 7.83. The Morgan fingerprint density at radius 1 is 1.25 bits per heavy atom. The van der Waals surface area contributed by atoms with Gasteiger partial charge in [-0.1, -0.05) is 37.3 Å². The molecule has 1 atom stereocenters. The molecular formula is C16H18FNOS. The second-order valence-electron chi connectivity index (χ2n) is 4.56. The molecule has 0 aliphatic carbocycles. The summed E-state index contributed by atoms with van der Waals surface area (Å²) in [5.41, 5.74) is 1.43. The third-order valence-corrected chi connectivity index (χ3v) is 4.14. The number of benzene rings is 1. The quantitative estimate of drug-likeness (QED) is 0.745. The van der Waals surface area contributed by atoms with Crippen LogP contribution in [0, 0.1) is 5.95 Å². The molecule has 0 unspecified atom stereocenters. The second-order valence-corrected chi connectivity index (χ2v) is 5.83. The summed E-state index contributed by atoms with van der Waals surface area (Å²) in [7, 11) is 0. The van der Waals surface area contributed by atoms with E-state index in [4.69, 9.17) is 0 Å². The highest BCUT2D eigenvalue weighted by atomic mass is 32.2. The van der Waals surface area contributed by atoms with Crippen LogP contribution in [0.15, 0.2) is 42.5 Å². The zero-order valence-electron chi connectivity index (χ0n) is 11.7. The molecule has 0 N–H and O–H groups in total. The van der Waals surface area contributed by atoms with Gasteiger partial charge in [-0.25, -0.2) is 0 Å². The number of ketones is 1. The summed E-state index contributed by atoms with van der Waals surface area (Å²) >= 11 is 1.55. The van der Waals surface area contributed by atoms with E-state index in [-0.39, 0.29) is 17.8 Å². The number of aromatic nitrogens is 1. The van der Waals surface area contributed by atoms with Gasteiger partial charge in [-0.05, 0) is 30.4 Å². The Labute approximate surface area is 123 Å². The fraction of sp³-hybridized carbons (Fsp3) is 0.312. The standard InChI is InChI=1S/C16H18FNOS/c1-3-20-11-15(19)14-9-10-16(17)18(14)12(2)13-7-5-4-6-8-13/h4-10,12H,3,11H2,1-2H3/t12-/m1/s1. The van der Waals surface area contributed by atoms with E-state index in [9.17, 15) is 9.18 Å². The van der Waals surface area contributed by atoms with Crippen molar-refractivity contribution < 1.29 is 9.18 Å². The molecule has 0 saturated carbocycles. The van der Waals surface area contributed by atoms with Crippen LogP contribution in [-0.4, -0.2) is 21.9 Å². The lowest BCUT2D eigenvalue weighted by Crippen LogP contribution is -2.17. The molecule has 2 rings (SSSR count). The molecule has 0 amide bonds. The number of Topliss-reactive ketones (excluding diaryl/α,β-unsaturated/α-hetero) is 1. The normalized spacial score (nSPS) is 12.3. The summed E-state index contributed by atoms with van der Waals surface area (Å²) in [6.07, 6.45) is 0. The van der Waals surface area contributed by atoms with Gasteiger partial charge in [-0.15, -0.1) is 0 Å². The summed E-state index contributed by atoms with van der Waals surface area (Å²) in [5, 5.41) is 0. The fourth-order valence-corrected chi connectivity index (χ4v) is 2.73. The molecule has 0 radical (unpaired) electrons. The first-order valence-electron chi connectivity index (χ1n) is 6.67. The Kier molecular flexibility index (Phi) is 5.01. The SMILES string of the molecule is CCSCC(=O)c1ccc(F)n1[C@H](C)c1ccccc1. The topological polar surface area (TPSA) is 22.0 Å². The molecule has 0 saturated heterocycles. The molecule has 106 valence electrons. The van der Waals surface area contributed by atoms with Gasteiger partial charge in [0, 0.05) is 0 Å². The summed E-state index contributed by atoms with van der Waals surface area (Å²) < 4.78 is 15.5. The Bertz CT molecular complexity index is 579. The van der Waals surface area contributed by atoms with Crippen molar-refractivity contribution in [2.45, 2.75) is 19.9 Å². The summed E-state index contributed by atoms with van der Waals surface area (Å²) in [4.78, 5) is 12.2. The number of nitrogens with zero attached hydrogens (tertiary/aromatic N) is 1. The van der Waals surface area contributed by atoms with Gasteiger partial charge in [0.25, 0.3) is 0 Å². The van der Waals surface area contributed by atoms with Gasteiger partial charge >= 0.3 is 0 Å². The molecule has 0 fully saturated rings. The molecule has 4 heteroatoms. The van der Waals surface area contributed by atoms with Gasteiger partial charge in [0.15, 0.2) is 11.7 Å². The van der Waals surface area contributed by atoms with Crippen LogP contribution >= 0.6 is 11.8 Å². The third-order valence-electron chi connectivity index (χ3n) is 3.26. The van der Waals surface area contributed by atoms with Crippen molar-refractivity contribution >= 4 is 17.5 Å². The molecule has 1 aromatic carbocycles. The smallest absolute Gasteiger partial charge is 0.194 e. The molecule has 1 heterocycles. The van der Waals surface area contributed by atoms with E-state index in [1.807, 2.05) is 44.2 Å². The Balaban J connectivity index is 2.32. The van der Waals surface area contributed by atoms with Gasteiger partial charge in [-0.3, -0.25) is 4.79 Å². The molecule has 0 aliphatic heterocycles. The van der Waals surface area contributed by atoms with Gasteiger partial charge in [0.1, 0.15) is 0 Å². The van der Waals surface area contributed by atoms with Crippen molar-refractivity contribution in [3.8, 4) is 0 Å². The number of rotatable bonds is 6. The lowest BCUT2D eigenvalue weighted by Gasteiger charge is -2.18. The van der Waals surface area contributed by atoms with Crippen molar-refractivity contribution in [3.05, 3.63) is 59.7 Å². The Hall–Kier alpha value is -1.55. The Morgan fingerprint density at radius 2 is 1.95 bits per heavy atom. The van der Waals surface area contributed by atoms with Crippen molar-refractivity contribution in [3.63, 3.8) is 0 Å². The van der Waals surface area contributed by atoms with E-state index in [2.05, 4.69) is 0 Å². The van der Waals surface area contributed by atoms with E-state index in [1.165, 1.54) is 10.6 Å². The number of hydrogen-bond donors (Lipinski definition) is 0. The van der Waals surface area contributed by atoms with E-state index in [0.717, 1.165) is 11.3 Å². The zero-order chi connectivity index (χ0) is 14.5. The molecule has 0 aliphatic rings. The summed E-state index contributed by atoms with van der Waals surface area (Å²) in [6.45, 7) is 3.91. The second kappa shape index (κ2) is 6.75. The number of hydrogen-bond acceptors (Lipinski definition) is 2. The molecular weight excluding hydrogens is 273 g/mol. The van der Waals surface area contributed by atoms with E-state index in [0.29, 0.717) is 11.4 Å². The van der Waals surface area contributed by atoms with Gasteiger partial charge in [0.05, 0.1) is 17.5 Å². The average Bonchev–Trinajstić information content (AvgIpc) is 2.86. The van der Waals surface area contributed by atoms with E-state index >= 15 is 0 Å². The van der Waals surface area contributed by atoms with Crippen molar-refractivity contribution in [2.24, 2.45) is 0 Å². The average molecular weight is 291 g/mol. The van der Waals surface area contributed by atoms with Crippen LogP contribution in [0.1, 0.15) is 35.9 Å².